The third kappa shape index (κ3) is 2.52. The van der Waals surface area contributed by atoms with Crippen LogP contribution < -0.4 is 0 Å². The van der Waals surface area contributed by atoms with Crippen LogP contribution in [0, 0.1) is 0 Å². The number of nitrogens with zero attached hydrogens (tertiary/aromatic N) is 2. The smallest absolute Gasteiger partial charge is 0.156 e. The van der Waals surface area contributed by atoms with Crippen molar-refractivity contribution in [3.63, 3.8) is 0 Å². The predicted octanol–water partition coefficient (Wildman–Crippen LogP) is 1.61. The highest BCUT2D eigenvalue weighted by molar-refractivity contribution is 5.87. The largest absolute Gasteiger partial charge is 0.358 e. The first-order valence-electron chi connectivity index (χ1n) is 5.99. The molecule has 0 N–H and O–H groups in total. The molecule has 2 saturated heterocycles. The van der Waals surface area contributed by atoms with Crippen molar-refractivity contribution in [1.82, 2.24) is 9.80 Å². The lowest BCUT2D eigenvalue weighted by Crippen LogP contribution is -2.32. The third-order valence-corrected chi connectivity index (χ3v) is 3.19. The van der Waals surface area contributed by atoms with Crippen LogP contribution in [-0.4, -0.2) is 41.8 Å². The molecule has 0 spiro atoms. The van der Waals surface area contributed by atoms with E-state index in [2.05, 4.69) is 9.80 Å². The zero-order valence-electron chi connectivity index (χ0n) is 9.54. The predicted molar refractivity (Wildman–Crippen MR) is 60.4 cm³/mol. The van der Waals surface area contributed by atoms with Crippen molar-refractivity contribution in [3.05, 3.63) is 11.9 Å². The van der Waals surface area contributed by atoms with Gasteiger partial charge in [0.2, 0.25) is 0 Å². The monoisotopic (exact) mass is 208 g/mol. The lowest BCUT2D eigenvalue weighted by Gasteiger charge is -2.30. The van der Waals surface area contributed by atoms with Gasteiger partial charge in [-0.2, -0.15) is 0 Å². The van der Waals surface area contributed by atoms with Gasteiger partial charge in [-0.1, -0.05) is 0 Å². The van der Waals surface area contributed by atoms with Gasteiger partial charge in [-0.25, -0.2) is 0 Å². The highest BCUT2D eigenvalue weighted by Gasteiger charge is 2.22. The van der Waals surface area contributed by atoms with Gasteiger partial charge < -0.3 is 9.80 Å². The molecule has 0 saturated carbocycles. The molecule has 0 unspecified atom stereocenters. The molecule has 0 aromatic heterocycles. The van der Waals surface area contributed by atoms with Crippen molar-refractivity contribution in [2.45, 2.75) is 32.6 Å². The second-order valence-electron chi connectivity index (χ2n) is 4.50. The minimum atomic E-state index is 0.170. The van der Waals surface area contributed by atoms with Crippen LogP contribution in [0.2, 0.25) is 0 Å². The molecule has 3 nitrogen and oxygen atoms in total. The van der Waals surface area contributed by atoms with E-state index in [1.807, 2.05) is 6.08 Å². The Balaban J connectivity index is 2.10. The van der Waals surface area contributed by atoms with E-state index in [4.69, 9.17) is 0 Å². The molecule has 0 radical (unpaired) electrons. The fourth-order valence-corrected chi connectivity index (χ4v) is 2.46. The van der Waals surface area contributed by atoms with Gasteiger partial charge in [0, 0.05) is 32.3 Å². The maximum atomic E-state index is 11.2. The van der Waals surface area contributed by atoms with E-state index in [1.54, 1.807) is 6.92 Å². The summed E-state index contributed by atoms with van der Waals surface area (Å²) in [6, 6.07) is 0. The number of rotatable bonds is 3. The van der Waals surface area contributed by atoms with Crippen molar-refractivity contribution in [2.24, 2.45) is 0 Å². The van der Waals surface area contributed by atoms with Gasteiger partial charge in [0.25, 0.3) is 0 Å². The molecule has 84 valence electrons. The number of ketones is 1. The summed E-state index contributed by atoms with van der Waals surface area (Å²) in [5.41, 5.74) is 0. The molecule has 0 aliphatic carbocycles. The Labute approximate surface area is 91.7 Å². The van der Waals surface area contributed by atoms with E-state index in [0.29, 0.717) is 0 Å². The Bertz CT molecular complexity index is 243. The van der Waals surface area contributed by atoms with Crippen LogP contribution >= 0.6 is 0 Å². The van der Waals surface area contributed by atoms with Crippen LogP contribution in [-0.2, 0) is 4.79 Å². The van der Waals surface area contributed by atoms with Crippen LogP contribution in [0.3, 0.4) is 0 Å². The lowest BCUT2D eigenvalue weighted by atomic mass is 10.3. The summed E-state index contributed by atoms with van der Waals surface area (Å²) in [6.45, 7) is 6.13. The van der Waals surface area contributed by atoms with Crippen molar-refractivity contribution >= 4 is 5.78 Å². The van der Waals surface area contributed by atoms with Crippen LogP contribution in [0.1, 0.15) is 32.6 Å². The summed E-state index contributed by atoms with van der Waals surface area (Å²) in [5.74, 6) is 1.35. The summed E-state index contributed by atoms with van der Waals surface area (Å²) in [5, 5.41) is 0. The van der Waals surface area contributed by atoms with Gasteiger partial charge in [-0.3, -0.25) is 4.79 Å². The molecule has 0 bridgehead atoms. The molecule has 2 rings (SSSR count). The van der Waals surface area contributed by atoms with Gasteiger partial charge in [0.1, 0.15) is 5.82 Å². The first kappa shape index (κ1) is 10.5. The normalized spacial score (nSPS) is 20.9. The highest BCUT2D eigenvalue weighted by atomic mass is 16.1. The molecule has 2 aliphatic rings. The molecule has 0 aromatic rings. The van der Waals surface area contributed by atoms with Gasteiger partial charge in [0.05, 0.1) is 0 Å². The van der Waals surface area contributed by atoms with E-state index < -0.39 is 0 Å². The fraction of sp³-hybridized carbons (Fsp3) is 0.750. The number of allylic oxidation sites excluding steroid dienone is 1. The van der Waals surface area contributed by atoms with Gasteiger partial charge >= 0.3 is 0 Å². The minimum Gasteiger partial charge on any atom is -0.358 e. The molecule has 15 heavy (non-hydrogen) atoms. The van der Waals surface area contributed by atoms with Crippen molar-refractivity contribution in [2.75, 3.05) is 26.2 Å². The van der Waals surface area contributed by atoms with Crippen LogP contribution in [0.25, 0.3) is 0 Å². The maximum absolute atomic E-state index is 11.2. The van der Waals surface area contributed by atoms with Crippen LogP contribution in [0.4, 0.5) is 0 Å². The first-order chi connectivity index (χ1) is 7.27. The fourth-order valence-electron chi connectivity index (χ4n) is 2.46. The average Bonchev–Trinajstić information content (AvgIpc) is 2.87. The number of hydrogen-bond donors (Lipinski definition) is 0. The van der Waals surface area contributed by atoms with Crippen LogP contribution in [0.5, 0.6) is 0 Å². The second-order valence-corrected chi connectivity index (χ2v) is 4.50. The van der Waals surface area contributed by atoms with Crippen molar-refractivity contribution < 1.29 is 4.79 Å². The minimum absolute atomic E-state index is 0.170. The van der Waals surface area contributed by atoms with Crippen molar-refractivity contribution in [1.29, 1.82) is 0 Å². The molecule has 3 heteroatoms. The quantitative estimate of drug-likeness (QED) is 0.658. The zero-order chi connectivity index (χ0) is 10.7. The Kier molecular flexibility index (Phi) is 3.29. The molecule has 2 aliphatic heterocycles. The number of carbonyl (C=O) groups excluding carboxylic acids is 1. The Hall–Kier alpha value is -0.990. The summed E-state index contributed by atoms with van der Waals surface area (Å²) in [6.07, 6.45) is 6.88. The summed E-state index contributed by atoms with van der Waals surface area (Å²) in [4.78, 5) is 16.0. The van der Waals surface area contributed by atoms with E-state index in [0.717, 1.165) is 26.2 Å². The van der Waals surface area contributed by atoms with Crippen LogP contribution in [0.15, 0.2) is 11.9 Å². The highest BCUT2D eigenvalue weighted by Crippen LogP contribution is 2.22. The number of carbonyl (C=O) groups is 1. The summed E-state index contributed by atoms with van der Waals surface area (Å²) in [7, 11) is 0. The van der Waals surface area contributed by atoms with Gasteiger partial charge in [-0.15, -0.1) is 0 Å². The summed E-state index contributed by atoms with van der Waals surface area (Å²) < 4.78 is 0. The average molecular weight is 208 g/mol. The number of likely N-dealkylation sites (tertiary alicyclic amines) is 2. The van der Waals surface area contributed by atoms with E-state index in [-0.39, 0.29) is 5.78 Å². The van der Waals surface area contributed by atoms with E-state index in [1.165, 1.54) is 31.5 Å². The standard InChI is InChI=1S/C12H20N2O/c1-11(15)10-12(13-6-2-3-7-13)14-8-4-5-9-14/h10H,2-9H2,1H3. The topological polar surface area (TPSA) is 23.6 Å². The molecule has 0 amide bonds. The number of hydrogen-bond acceptors (Lipinski definition) is 3. The van der Waals surface area contributed by atoms with E-state index in [9.17, 15) is 4.79 Å². The van der Waals surface area contributed by atoms with Gasteiger partial charge in [0.15, 0.2) is 5.78 Å². The molecular weight excluding hydrogens is 188 g/mol. The summed E-state index contributed by atoms with van der Waals surface area (Å²) >= 11 is 0. The van der Waals surface area contributed by atoms with E-state index >= 15 is 0 Å². The van der Waals surface area contributed by atoms with Crippen molar-refractivity contribution in [3.8, 4) is 0 Å². The molecule has 0 atom stereocenters. The Morgan fingerprint density at radius 3 is 1.67 bits per heavy atom. The SMILES string of the molecule is CC(=O)C=C(N1CCCC1)N1CCCC1. The van der Waals surface area contributed by atoms with Gasteiger partial charge in [-0.05, 0) is 32.6 Å². The third-order valence-electron chi connectivity index (χ3n) is 3.19. The Morgan fingerprint density at radius 2 is 1.33 bits per heavy atom. The Morgan fingerprint density at radius 1 is 0.933 bits per heavy atom. The zero-order valence-corrected chi connectivity index (χ0v) is 9.54. The molecule has 2 fully saturated rings. The maximum Gasteiger partial charge on any atom is 0.156 e. The lowest BCUT2D eigenvalue weighted by molar-refractivity contribution is -0.112. The molecule has 0 aromatic carbocycles. The molecular formula is C12H20N2O. The molecule has 2 heterocycles. The first-order valence-corrected chi connectivity index (χ1v) is 5.99. The second kappa shape index (κ2) is 4.69.